The number of para-hydroxylation sites is 2. The number of ether oxygens (including phenoxy) is 1. The van der Waals surface area contributed by atoms with E-state index >= 15 is 0 Å². The number of rotatable bonds is 3. The van der Waals surface area contributed by atoms with Crippen LogP contribution >= 0.6 is 23.5 Å². The fourth-order valence-electron chi connectivity index (χ4n) is 4.69. The zero-order valence-electron chi connectivity index (χ0n) is 21.1. The van der Waals surface area contributed by atoms with Crippen molar-refractivity contribution in [1.82, 2.24) is 4.90 Å². The lowest BCUT2D eigenvalue weighted by Crippen LogP contribution is -2.31. The number of thioether (sulfide) groups is 2. The summed E-state index contributed by atoms with van der Waals surface area (Å²) in [5.74, 6) is -0.371. The first-order valence-electron chi connectivity index (χ1n) is 12.4. The molecule has 204 valence electrons. The van der Waals surface area contributed by atoms with Gasteiger partial charge < -0.3 is 15.0 Å². The van der Waals surface area contributed by atoms with Crippen molar-refractivity contribution in [3.63, 3.8) is 0 Å². The second-order valence-electron chi connectivity index (χ2n) is 9.04. The summed E-state index contributed by atoms with van der Waals surface area (Å²) in [5, 5.41) is 3.26. The monoisotopic (exact) mass is 573 g/mol. The Bertz CT molecular complexity index is 1370. The number of anilines is 2. The van der Waals surface area contributed by atoms with Crippen LogP contribution in [0.15, 0.2) is 70.5 Å². The molecule has 0 unspecified atom stereocenters. The lowest BCUT2D eigenvalue weighted by Gasteiger charge is -2.22. The van der Waals surface area contributed by atoms with E-state index in [1.807, 2.05) is 23.9 Å². The minimum atomic E-state index is -4.78. The molecule has 3 aromatic rings. The first-order chi connectivity index (χ1) is 18.8. The normalized spacial score (nSPS) is 15.7. The van der Waals surface area contributed by atoms with Gasteiger partial charge in [-0.05, 0) is 49.2 Å². The molecule has 3 aliphatic rings. The highest BCUT2D eigenvalue weighted by atomic mass is 32.2. The zero-order valence-corrected chi connectivity index (χ0v) is 22.7. The van der Waals surface area contributed by atoms with Gasteiger partial charge in [0, 0.05) is 34.1 Å². The van der Waals surface area contributed by atoms with Gasteiger partial charge in [0.15, 0.2) is 0 Å². The maximum absolute atomic E-state index is 13.8. The quantitative estimate of drug-likeness (QED) is 0.371. The SMILES string of the molecule is COc1c(C(=O)N2CCCC2)cc(C(=O)N2CSc3ccccc32)cc1C(F)(F)F.c1ccc2c(c1)NCS2. The maximum atomic E-state index is 13.8. The van der Waals surface area contributed by atoms with E-state index in [4.69, 9.17) is 4.74 Å². The number of likely N-dealkylation sites (tertiary alicyclic amines) is 1. The third-order valence-corrected chi connectivity index (χ3v) is 8.60. The molecule has 1 fully saturated rings. The number of nitrogens with one attached hydrogen (secondary N) is 1. The maximum Gasteiger partial charge on any atom is 0.420 e. The van der Waals surface area contributed by atoms with E-state index in [9.17, 15) is 22.8 Å². The molecule has 1 N–H and O–H groups in total. The second-order valence-corrected chi connectivity index (χ2v) is 11.0. The van der Waals surface area contributed by atoms with Crippen LogP contribution in [0.3, 0.4) is 0 Å². The Morgan fingerprint density at radius 1 is 0.923 bits per heavy atom. The van der Waals surface area contributed by atoms with Crippen LogP contribution in [0.25, 0.3) is 0 Å². The molecule has 6 nitrogen and oxygen atoms in total. The molecule has 2 amide bonds. The van der Waals surface area contributed by atoms with Gasteiger partial charge in [-0.2, -0.15) is 13.2 Å². The van der Waals surface area contributed by atoms with E-state index in [1.54, 1.807) is 12.1 Å². The molecule has 0 atom stereocenters. The number of carbonyl (C=O) groups is 2. The Hall–Kier alpha value is -3.31. The Labute approximate surface area is 232 Å². The number of halogens is 3. The molecule has 3 aromatic carbocycles. The van der Waals surface area contributed by atoms with Gasteiger partial charge in [0.2, 0.25) is 0 Å². The van der Waals surface area contributed by atoms with E-state index < -0.39 is 29.3 Å². The summed E-state index contributed by atoms with van der Waals surface area (Å²) in [6, 6.07) is 17.6. The van der Waals surface area contributed by atoms with Crippen molar-refractivity contribution < 1.29 is 27.5 Å². The van der Waals surface area contributed by atoms with Crippen LogP contribution < -0.4 is 15.0 Å². The molecule has 0 bridgehead atoms. The molecule has 6 rings (SSSR count). The van der Waals surface area contributed by atoms with E-state index in [-0.39, 0.29) is 11.1 Å². The van der Waals surface area contributed by atoms with Crippen molar-refractivity contribution >= 4 is 46.7 Å². The highest BCUT2D eigenvalue weighted by Gasteiger charge is 2.39. The van der Waals surface area contributed by atoms with Crippen molar-refractivity contribution in [3.05, 3.63) is 77.4 Å². The predicted molar refractivity (Wildman–Crippen MR) is 148 cm³/mol. The molecule has 11 heteroatoms. The first-order valence-corrected chi connectivity index (χ1v) is 14.3. The van der Waals surface area contributed by atoms with Crippen LogP contribution in [0.1, 0.15) is 39.1 Å². The van der Waals surface area contributed by atoms with E-state index in [0.717, 1.165) is 36.8 Å². The summed E-state index contributed by atoms with van der Waals surface area (Å²) in [6.07, 6.45) is -3.19. The molecular weight excluding hydrogens is 547 g/mol. The van der Waals surface area contributed by atoms with Gasteiger partial charge in [0.25, 0.3) is 11.8 Å². The van der Waals surface area contributed by atoms with E-state index in [0.29, 0.717) is 24.7 Å². The second kappa shape index (κ2) is 11.4. The van der Waals surface area contributed by atoms with Gasteiger partial charge in [0.05, 0.1) is 35.7 Å². The van der Waals surface area contributed by atoms with E-state index in [2.05, 4.69) is 29.6 Å². The number of nitrogens with zero attached hydrogens (tertiary/aromatic N) is 2. The van der Waals surface area contributed by atoms with Gasteiger partial charge >= 0.3 is 6.18 Å². The minimum absolute atomic E-state index is 0.192. The first kappa shape index (κ1) is 27.3. The van der Waals surface area contributed by atoms with Crippen molar-refractivity contribution in [3.8, 4) is 5.75 Å². The highest BCUT2D eigenvalue weighted by molar-refractivity contribution is 8.00. The third-order valence-electron chi connectivity index (χ3n) is 6.60. The lowest BCUT2D eigenvalue weighted by molar-refractivity contribution is -0.138. The van der Waals surface area contributed by atoms with Crippen molar-refractivity contribution in [1.29, 1.82) is 0 Å². The lowest BCUT2D eigenvalue weighted by atomic mass is 10.0. The Kier molecular flexibility index (Phi) is 7.99. The number of fused-ring (bicyclic) bond motifs is 2. The van der Waals surface area contributed by atoms with Crippen molar-refractivity contribution in [2.24, 2.45) is 0 Å². The number of hydrogen-bond donors (Lipinski definition) is 1. The van der Waals surface area contributed by atoms with Gasteiger partial charge in [-0.3, -0.25) is 14.5 Å². The molecule has 0 spiro atoms. The Morgan fingerprint density at radius 3 is 2.31 bits per heavy atom. The highest BCUT2D eigenvalue weighted by Crippen LogP contribution is 2.42. The predicted octanol–water partition coefficient (Wildman–Crippen LogP) is 6.82. The van der Waals surface area contributed by atoms with Crippen LogP contribution in [0.5, 0.6) is 5.75 Å². The molecular formula is C28H26F3N3O3S2. The summed E-state index contributed by atoms with van der Waals surface area (Å²) in [6.45, 7) is 0.940. The number of carbonyl (C=O) groups excluding carboxylic acids is 2. The van der Waals surface area contributed by atoms with Crippen molar-refractivity contribution in [2.75, 3.05) is 42.2 Å². The van der Waals surface area contributed by atoms with Gasteiger partial charge in [0.1, 0.15) is 5.75 Å². The molecule has 1 saturated heterocycles. The topological polar surface area (TPSA) is 61.9 Å². The average Bonchev–Trinajstić information content (AvgIpc) is 3.72. The molecule has 3 aliphatic heterocycles. The molecule has 0 saturated carbocycles. The van der Waals surface area contributed by atoms with Gasteiger partial charge in [-0.1, -0.05) is 24.3 Å². The summed E-state index contributed by atoms with van der Waals surface area (Å²) in [7, 11) is 1.10. The van der Waals surface area contributed by atoms with Gasteiger partial charge in [-0.25, -0.2) is 0 Å². The summed E-state index contributed by atoms with van der Waals surface area (Å²) in [4.78, 5) is 31.3. The number of alkyl halides is 3. The standard InChI is InChI=1S/C21H19F3N2O3S.C7H7NS/c1-29-18-14(20(28)25-8-4-5-9-25)10-13(11-15(18)21(22,23)24)19(27)26-12-30-17-7-3-2-6-16(17)26;1-2-4-7-6(3-1)8-5-9-7/h2-3,6-7,10-11H,4-5,8-9,12H2,1H3;1-4,8H,5H2. The number of methoxy groups -OCH3 is 1. The fourth-order valence-corrected chi connectivity index (χ4v) is 6.57. The largest absolute Gasteiger partial charge is 0.495 e. The number of hydrogen-bond acceptors (Lipinski definition) is 6. The smallest absolute Gasteiger partial charge is 0.420 e. The third kappa shape index (κ3) is 5.69. The molecule has 0 radical (unpaired) electrons. The fraction of sp³-hybridized carbons (Fsp3) is 0.286. The molecule has 0 aromatic heterocycles. The average molecular weight is 574 g/mol. The Balaban J connectivity index is 0.000000287. The van der Waals surface area contributed by atoms with Crippen LogP contribution in [-0.4, -0.2) is 48.7 Å². The number of benzene rings is 3. The number of amides is 2. The van der Waals surface area contributed by atoms with E-state index in [1.165, 1.54) is 38.2 Å². The zero-order chi connectivity index (χ0) is 27.6. The van der Waals surface area contributed by atoms with Crippen LogP contribution in [0.4, 0.5) is 24.5 Å². The summed E-state index contributed by atoms with van der Waals surface area (Å²) >= 11 is 3.29. The van der Waals surface area contributed by atoms with Crippen LogP contribution in [0.2, 0.25) is 0 Å². The Morgan fingerprint density at radius 2 is 1.62 bits per heavy atom. The molecule has 0 aliphatic carbocycles. The van der Waals surface area contributed by atoms with Gasteiger partial charge in [-0.15, -0.1) is 23.5 Å². The summed E-state index contributed by atoms with van der Waals surface area (Å²) in [5.41, 5.74) is 0.367. The molecule has 3 heterocycles. The minimum Gasteiger partial charge on any atom is -0.495 e. The summed E-state index contributed by atoms with van der Waals surface area (Å²) < 4.78 is 46.3. The van der Waals surface area contributed by atoms with Crippen molar-refractivity contribution in [2.45, 2.75) is 28.8 Å². The van der Waals surface area contributed by atoms with Crippen LogP contribution in [0, 0.1) is 0 Å². The molecule has 39 heavy (non-hydrogen) atoms. The van der Waals surface area contributed by atoms with Crippen LogP contribution in [-0.2, 0) is 6.18 Å².